The lowest BCUT2D eigenvalue weighted by atomic mass is 9.85. The SMILES string of the molecule is O=C(NC1CCCC(C(F)(F)F)C1)c1ccc(S(=O)(=O)NC2CCS(=O)(=O)C2)cc1. The average molecular weight is 469 g/mol. The van der Waals surface area contributed by atoms with Crippen LogP contribution >= 0.6 is 0 Å². The summed E-state index contributed by atoms with van der Waals surface area (Å²) in [4.78, 5) is 12.2. The molecule has 1 saturated heterocycles. The Balaban J connectivity index is 1.61. The second-order valence-electron chi connectivity index (χ2n) is 7.82. The molecule has 12 heteroatoms. The van der Waals surface area contributed by atoms with Crippen LogP contribution in [0.4, 0.5) is 13.2 Å². The molecule has 3 unspecified atom stereocenters. The van der Waals surface area contributed by atoms with Crippen LogP contribution in [0.25, 0.3) is 0 Å². The van der Waals surface area contributed by atoms with E-state index >= 15 is 0 Å². The quantitative estimate of drug-likeness (QED) is 0.687. The van der Waals surface area contributed by atoms with Gasteiger partial charge in [0.15, 0.2) is 9.84 Å². The normalized spacial score (nSPS) is 27.0. The third-order valence-electron chi connectivity index (χ3n) is 5.45. The number of carbonyl (C=O) groups is 1. The van der Waals surface area contributed by atoms with E-state index in [-0.39, 0.29) is 41.2 Å². The number of sulfonamides is 1. The number of halogens is 3. The van der Waals surface area contributed by atoms with Crippen LogP contribution in [0.1, 0.15) is 42.5 Å². The fraction of sp³-hybridized carbons (Fsp3) is 0.611. The fourth-order valence-corrected chi connectivity index (χ4v) is 6.90. The number of hydrogen-bond acceptors (Lipinski definition) is 5. The van der Waals surface area contributed by atoms with Crippen LogP contribution in [0.15, 0.2) is 29.2 Å². The Morgan fingerprint density at radius 3 is 2.27 bits per heavy atom. The third-order valence-corrected chi connectivity index (χ3v) is 8.76. The van der Waals surface area contributed by atoms with E-state index in [0.29, 0.717) is 12.8 Å². The zero-order chi connectivity index (χ0) is 22.2. The molecule has 0 spiro atoms. The lowest BCUT2D eigenvalue weighted by Gasteiger charge is -2.31. The van der Waals surface area contributed by atoms with Gasteiger partial charge in [0.05, 0.1) is 22.3 Å². The van der Waals surface area contributed by atoms with Gasteiger partial charge in [0.1, 0.15) is 0 Å². The average Bonchev–Trinajstić information content (AvgIpc) is 2.99. The smallest absolute Gasteiger partial charge is 0.349 e. The summed E-state index contributed by atoms with van der Waals surface area (Å²) in [6.07, 6.45) is -3.38. The van der Waals surface area contributed by atoms with Gasteiger partial charge in [0.2, 0.25) is 10.0 Å². The van der Waals surface area contributed by atoms with E-state index in [4.69, 9.17) is 0 Å². The number of amides is 1. The molecular formula is C18H23F3N2O5S2. The van der Waals surface area contributed by atoms with Gasteiger partial charge in [-0.05, 0) is 49.9 Å². The number of alkyl halides is 3. The highest BCUT2D eigenvalue weighted by atomic mass is 32.2. The van der Waals surface area contributed by atoms with Gasteiger partial charge < -0.3 is 5.32 Å². The highest BCUT2D eigenvalue weighted by Crippen LogP contribution is 2.37. The van der Waals surface area contributed by atoms with Crippen molar-refractivity contribution in [3.63, 3.8) is 0 Å². The first-order valence-electron chi connectivity index (χ1n) is 9.56. The second-order valence-corrected chi connectivity index (χ2v) is 11.8. The topological polar surface area (TPSA) is 109 Å². The van der Waals surface area contributed by atoms with Gasteiger partial charge in [-0.1, -0.05) is 6.42 Å². The van der Waals surface area contributed by atoms with Crippen LogP contribution < -0.4 is 10.0 Å². The van der Waals surface area contributed by atoms with Crippen molar-refractivity contribution >= 4 is 25.8 Å². The summed E-state index contributed by atoms with van der Waals surface area (Å²) in [6.45, 7) is 0. The van der Waals surface area contributed by atoms with E-state index in [1.807, 2.05) is 0 Å². The van der Waals surface area contributed by atoms with E-state index < -0.39 is 49.9 Å². The molecule has 1 aliphatic heterocycles. The van der Waals surface area contributed by atoms with Gasteiger partial charge in [-0.15, -0.1) is 0 Å². The molecule has 7 nitrogen and oxygen atoms in total. The molecule has 1 amide bonds. The first-order chi connectivity index (χ1) is 13.9. The molecule has 1 saturated carbocycles. The Kier molecular flexibility index (Phi) is 6.49. The van der Waals surface area contributed by atoms with E-state index in [2.05, 4.69) is 10.0 Å². The van der Waals surface area contributed by atoms with Crippen molar-refractivity contribution in [3.05, 3.63) is 29.8 Å². The molecule has 168 valence electrons. The molecule has 1 aromatic carbocycles. The number of hydrogen-bond donors (Lipinski definition) is 2. The van der Waals surface area contributed by atoms with E-state index in [0.717, 1.165) is 0 Å². The van der Waals surface area contributed by atoms with Crippen LogP contribution in [0, 0.1) is 5.92 Å². The zero-order valence-electron chi connectivity index (χ0n) is 16.0. The molecule has 2 fully saturated rings. The van der Waals surface area contributed by atoms with Crippen molar-refractivity contribution in [2.45, 2.75) is 55.3 Å². The first-order valence-corrected chi connectivity index (χ1v) is 12.9. The molecular weight excluding hydrogens is 445 g/mol. The van der Waals surface area contributed by atoms with Gasteiger partial charge in [-0.2, -0.15) is 13.2 Å². The molecule has 1 heterocycles. The van der Waals surface area contributed by atoms with Gasteiger partial charge in [-0.25, -0.2) is 21.6 Å². The van der Waals surface area contributed by atoms with E-state index in [9.17, 15) is 34.8 Å². The Bertz CT molecular complexity index is 992. The predicted octanol–water partition coefficient (Wildman–Crippen LogP) is 2.00. The summed E-state index contributed by atoms with van der Waals surface area (Å²) >= 11 is 0. The fourth-order valence-electron chi connectivity index (χ4n) is 3.85. The zero-order valence-corrected chi connectivity index (χ0v) is 17.6. The highest BCUT2D eigenvalue weighted by Gasteiger charge is 2.42. The molecule has 1 aliphatic carbocycles. The molecule has 1 aromatic rings. The Morgan fingerprint density at radius 2 is 1.70 bits per heavy atom. The maximum absolute atomic E-state index is 12.9. The molecule has 3 atom stereocenters. The molecule has 0 bridgehead atoms. The maximum Gasteiger partial charge on any atom is 0.391 e. The van der Waals surface area contributed by atoms with Gasteiger partial charge >= 0.3 is 6.18 Å². The van der Waals surface area contributed by atoms with E-state index in [1.165, 1.54) is 24.3 Å². The summed E-state index contributed by atoms with van der Waals surface area (Å²) in [6, 6.07) is 3.68. The van der Waals surface area contributed by atoms with Gasteiger partial charge in [0.25, 0.3) is 5.91 Å². The summed E-state index contributed by atoms with van der Waals surface area (Å²) in [5.41, 5.74) is 0.131. The van der Waals surface area contributed by atoms with E-state index in [1.54, 1.807) is 0 Å². The number of sulfone groups is 1. The lowest BCUT2D eigenvalue weighted by Crippen LogP contribution is -2.41. The van der Waals surface area contributed by atoms with Crippen molar-refractivity contribution in [1.29, 1.82) is 0 Å². The third kappa shape index (κ3) is 5.73. The molecule has 30 heavy (non-hydrogen) atoms. The van der Waals surface area contributed by atoms with Crippen molar-refractivity contribution in [2.75, 3.05) is 11.5 Å². The minimum atomic E-state index is -4.29. The molecule has 0 aromatic heterocycles. The van der Waals surface area contributed by atoms with Crippen molar-refractivity contribution in [2.24, 2.45) is 5.92 Å². The van der Waals surface area contributed by atoms with Crippen LogP contribution in [-0.4, -0.2) is 52.5 Å². The van der Waals surface area contributed by atoms with Crippen molar-refractivity contribution in [1.82, 2.24) is 10.0 Å². The van der Waals surface area contributed by atoms with Gasteiger partial charge in [0, 0.05) is 17.6 Å². The minimum Gasteiger partial charge on any atom is -0.349 e. The minimum absolute atomic E-state index is 0.0533. The second kappa shape index (κ2) is 8.46. The lowest BCUT2D eigenvalue weighted by molar-refractivity contribution is -0.183. The monoisotopic (exact) mass is 468 g/mol. The highest BCUT2D eigenvalue weighted by molar-refractivity contribution is 7.92. The number of rotatable bonds is 5. The first kappa shape index (κ1) is 23.0. The van der Waals surface area contributed by atoms with Crippen molar-refractivity contribution in [3.8, 4) is 0 Å². The molecule has 0 radical (unpaired) electrons. The standard InChI is InChI=1S/C18H23F3N2O5S2/c19-18(20,21)13-2-1-3-14(10-13)22-17(24)12-4-6-16(7-5-12)30(27,28)23-15-8-9-29(25,26)11-15/h4-7,13-15,23H,1-3,8-11H2,(H,22,24). The Labute approximate surface area is 173 Å². The summed E-state index contributed by atoms with van der Waals surface area (Å²) < 4.78 is 88.9. The van der Waals surface area contributed by atoms with Crippen LogP contribution in [-0.2, 0) is 19.9 Å². The predicted molar refractivity (Wildman–Crippen MR) is 103 cm³/mol. The number of benzene rings is 1. The maximum atomic E-state index is 12.9. The number of nitrogens with one attached hydrogen (secondary N) is 2. The summed E-state index contributed by atoms with van der Waals surface area (Å²) in [5, 5.41) is 2.59. The van der Waals surface area contributed by atoms with Crippen LogP contribution in [0.3, 0.4) is 0 Å². The summed E-state index contributed by atoms with van der Waals surface area (Å²) in [7, 11) is -7.20. The number of carbonyl (C=O) groups excluding carboxylic acids is 1. The Hall–Kier alpha value is -1.66. The van der Waals surface area contributed by atoms with Crippen molar-refractivity contribution < 1.29 is 34.8 Å². The van der Waals surface area contributed by atoms with Crippen LogP contribution in [0.2, 0.25) is 0 Å². The molecule has 2 aliphatic rings. The molecule has 2 N–H and O–H groups in total. The van der Waals surface area contributed by atoms with Crippen LogP contribution in [0.5, 0.6) is 0 Å². The largest absolute Gasteiger partial charge is 0.391 e. The molecule has 3 rings (SSSR count). The summed E-state index contributed by atoms with van der Waals surface area (Å²) in [5.74, 6) is -2.33. The Morgan fingerprint density at radius 1 is 1.03 bits per heavy atom. The van der Waals surface area contributed by atoms with Gasteiger partial charge in [-0.3, -0.25) is 4.79 Å².